The van der Waals surface area contributed by atoms with Gasteiger partial charge < -0.3 is 10.1 Å². The van der Waals surface area contributed by atoms with Crippen LogP contribution in [0.25, 0.3) is 0 Å². The molecule has 6 nitrogen and oxygen atoms in total. The molecule has 1 aromatic rings. The average Bonchev–Trinajstić information content (AvgIpc) is 2.49. The summed E-state index contributed by atoms with van der Waals surface area (Å²) in [5.74, 6) is 0. The number of aromatic nitrogens is 1. The van der Waals surface area contributed by atoms with Gasteiger partial charge in [-0.15, -0.1) is 0 Å². The molecule has 0 bridgehead atoms. The molecule has 21 heavy (non-hydrogen) atoms. The second-order valence-corrected chi connectivity index (χ2v) is 6.40. The van der Waals surface area contributed by atoms with E-state index in [9.17, 15) is 8.42 Å². The summed E-state index contributed by atoms with van der Waals surface area (Å²) in [4.78, 5) is 4.18. The zero-order chi connectivity index (χ0) is 15.7. The normalized spacial score (nSPS) is 11.8. The summed E-state index contributed by atoms with van der Waals surface area (Å²) in [6.45, 7) is 8.17. The first-order valence-corrected chi connectivity index (χ1v) is 8.77. The van der Waals surface area contributed by atoms with Crippen molar-refractivity contribution in [3.05, 3.63) is 18.5 Å². The number of nitrogens with one attached hydrogen (secondary N) is 1. The average molecular weight is 315 g/mol. The monoisotopic (exact) mass is 315 g/mol. The fourth-order valence-electron chi connectivity index (χ4n) is 1.89. The highest BCUT2D eigenvalue weighted by Crippen LogP contribution is 2.23. The summed E-state index contributed by atoms with van der Waals surface area (Å²) in [7, 11) is -3.56. The van der Waals surface area contributed by atoms with E-state index in [0.29, 0.717) is 32.0 Å². The second-order valence-electron chi connectivity index (χ2n) is 4.49. The molecule has 120 valence electrons. The molecule has 1 rings (SSSR count). The number of sulfonamides is 1. The van der Waals surface area contributed by atoms with Gasteiger partial charge in [-0.1, -0.05) is 13.8 Å². The Balaban J connectivity index is 2.99. The maximum atomic E-state index is 12.7. The molecule has 0 saturated heterocycles. The Morgan fingerprint density at radius 1 is 1.33 bits per heavy atom. The Hall–Kier alpha value is -1.18. The van der Waals surface area contributed by atoms with Crippen LogP contribution in [0.2, 0.25) is 0 Å². The van der Waals surface area contributed by atoms with E-state index in [4.69, 9.17) is 4.74 Å². The second kappa shape index (κ2) is 8.96. The highest BCUT2D eigenvalue weighted by molar-refractivity contribution is 7.89. The van der Waals surface area contributed by atoms with Crippen LogP contribution in [0.3, 0.4) is 0 Å². The van der Waals surface area contributed by atoms with Crippen molar-refractivity contribution in [2.45, 2.75) is 32.1 Å². The fraction of sp³-hybridized carbons (Fsp3) is 0.643. The summed E-state index contributed by atoms with van der Waals surface area (Å²) in [5.41, 5.74) is 0.599. The van der Waals surface area contributed by atoms with Crippen molar-refractivity contribution in [2.75, 3.05) is 38.2 Å². The van der Waals surface area contributed by atoms with Gasteiger partial charge in [0, 0.05) is 38.6 Å². The van der Waals surface area contributed by atoms with Crippen LogP contribution in [0.4, 0.5) is 5.69 Å². The first-order chi connectivity index (χ1) is 10.1. The van der Waals surface area contributed by atoms with Gasteiger partial charge in [0.15, 0.2) is 0 Å². The van der Waals surface area contributed by atoms with Gasteiger partial charge in [0.2, 0.25) is 10.0 Å². The third-order valence-corrected chi connectivity index (χ3v) is 5.01. The van der Waals surface area contributed by atoms with Crippen molar-refractivity contribution in [1.82, 2.24) is 9.29 Å². The molecule has 0 fully saturated rings. The number of hydrogen-bond acceptors (Lipinski definition) is 5. The molecule has 1 heterocycles. The Labute approximate surface area is 127 Å². The molecule has 0 amide bonds. The van der Waals surface area contributed by atoms with Crippen molar-refractivity contribution in [2.24, 2.45) is 0 Å². The largest absolute Gasteiger partial charge is 0.384 e. The molecule has 0 aliphatic carbocycles. The van der Waals surface area contributed by atoms with Crippen molar-refractivity contribution in [3.63, 3.8) is 0 Å². The van der Waals surface area contributed by atoms with E-state index in [2.05, 4.69) is 10.3 Å². The zero-order valence-corrected chi connectivity index (χ0v) is 13.8. The standard InChI is InChI=1S/C14H25N3O3S/c1-4-8-16-13-7-9-15-12-14(13)21(18,19)17(5-2)10-11-20-6-3/h7,9,12H,4-6,8,10-11H2,1-3H3,(H,15,16). The van der Waals surface area contributed by atoms with Gasteiger partial charge in [-0.25, -0.2) is 8.42 Å². The third kappa shape index (κ3) is 4.94. The van der Waals surface area contributed by atoms with Gasteiger partial charge >= 0.3 is 0 Å². The predicted octanol–water partition coefficient (Wildman–Crippen LogP) is 1.95. The lowest BCUT2D eigenvalue weighted by Crippen LogP contribution is -2.34. The lowest BCUT2D eigenvalue weighted by Gasteiger charge is -2.22. The smallest absolute Gasteiger partial charge is 0.246 e. The van der Waals surface area contributed by atoms with Crippen LogP contribution in [0.1, 0.15) is 27.2 Å². The molecule has 1 N–H and O–H groups in total. The molecular formula is C14H25N3O3S. The Kier molecular flexibility index (Phi) is 7.63. The van der Waals surface area contributed by atoms with Gasteiger partial charge in [0.25, 0.3) is 0 Å². The molecule has 0 unspecified atom stereocenters. The maximum Gasteiger partial charge on any atom is 0.246 e. The summed E-state index contributed by atoms with van der Waals surface area (Å²) in [6.07, 6.45) is 3.91. The van der Waals surface area contributed by atoms with Gasteiger partial charge in [-0.3, -0.25) is 4.98 Å². The molecule has 0 aliphatic heterocycles. The van der Waals surface area contributed by atoms with Crippen LogP contribution < -0.4 is 5.32 Å². The Morgan fingerprint density at radius 3 is 2.71 bits per heavy atom. The Bertz CT molecular complexity index is 520. The zero-order valence-electron chi connectivity index (χ0n) is 13.0. The van der Waals surface area contributed by atoms with E-state index in [1.807, 2.05) is 20.8 Å². The summed E-state index contributed by atoms with van der Waals surface area (Å²) in [5, 5.41) is 3.14. The molecule has 7 heteroatoms. The van der Waals surface area contributed by atoms with Crippen LogP contribution >= 0.6 is 0 Å². The number of pyridine rings is 1. The van der Waals surface area contributed by atoms with Crippen LogP contribution in [0.5, 0.6) is 0 Å². The van der Waals surface area contributed by atoms with E-state index in [0.717, 1.165) is 13.0 Å². The highest BCUT2D eigenvalue weighted by Gasteiger charge is 2.25. The van der Waals surface area contributed by atoms with E-state index in [1.54, 1.807) is 12.3 Å². The highest BCUT2D eigenvalue weighted by atomic mass is 32.2. The third-order valence-electron chi connectivity index (χ3n) is 3.01. The Morgan fingerprint density at radius 2 is 2.10 bits per heavy atom. The minimum absolute atomic E-state index is 0.219. The number of anilines is 1. The van der Waals surface area contributed by atoms with Crippen LogP contribution in [-0.2, 0) is 14.8 Å². The first kappa shape index (κ1) is 17.9. The predicted molar refractivity (Wildman–Crippen MR) is 83.9 cm³/mol. The lowest BCUT2D eigenvalue weighted by atomic mass is 10.4. The van der Waals surface area contributed by atoms with Crippen molar-refractivity contribution in [1.29, 1.82) is 0 Å². The van der Waals surface area contributed by atoms with Crippen molar-refractivity contribution < 1.29 is 13.2 Å². The number of hydrogen-bond donors (Lipinski definition) is 1. The van der Waals surface area contributed by atoms with Crippen molar-refractivity contribution >= 4 is 15.7 Å². The fourth-order valence-corrected chi connectivity index (χ4v) is 3.43. The van der Waals surface area contributed by atoms with Gasteiger partial charge in [-0.05, 0) is 19.4 Å². The number of rotatable bonds is 10. The molecule has 0 aromatic carbocycles. The molecule has 1 aromatic heterocycles. The maximum absolute atomic E-state index is 12.7. The van der Waals surface area contributed by atoms with Crippen LogP contribution in [0.15, 0.2) is 23.4 Å². The first-order valence-electron chi connectivity index (χ1n) is 7.33. The van der Waals surface area contributed by atoms with Gasteiger partial charge in [-0.2, -0.15) is 4.31 Å². The summed E-state index contributed by atoms with van der Waals surface area (Å²) >= 11 is 0. The van der Waals surface area contributed by atoms with E-state index >= 15 is 0 Å². The number of ether oxygens (including phenoxy) is 1. The minimum Gasteiger partial charge on any atom is -0.384 e. The van der Waals surface area contributed by atoms with E-state index < -0.39 is 10.0 Å². The topological polar surface area (TPSA) is 71.5 Å². The summed E-state index contributed by atoms with van der Waals surface area (Å²) in [6, 6.07) is 1.69. The van der Waals surface area contributed by atoms with Crippen LogP contribution in [0, 0.1) is 0 Å². The van der Waals surface area contributed by atoms with E-state index in [-0.39, 0.29) is 4.90 Å². The van der Waals surface area contributed by atoms with Gasteiger partial charge in [0.1, 0.15) is 4.90 Å². The molecular weight excluding hydrogens is 290 g/mol. The molecule has 0 aliphatic rings. The number of likely N-dealkylation sites (N-methyl/N-ethyl adjacent to an activating group) is 1. The minimum atomic E-state index is -3.56. The number of nitrogens with zero attached hydrogens (tertiary/aromatic N) is 2. The van der Waals surface area contributed by atoms with Crippen LogP contribution in [-0.4, -0.2) is 50.6 Å². The quantitative estimate of drug-likeness (QED) is 0.668. The molecule has 0 saturated carbocycles. The SMILES string of the molecule is CCCNc1ccncc1S(=O)(=O)N(CC)CCOCC. The van der Waals surface area contributed by atoms with Gasteiger partial charge in [0.05, 0.1) is 12.3 Å². The molecule has 0 atom stereocenters. The van der Waals surface area contributed by atoms with E-state index in [1.165, 1.54) is 10.5 Å². The molecule has 0 radical (unpaired) electrons. The molecule has 0 spiro atoms. The summed E-state index contributed by atoms with van der Waals surface area (Å²) < 4.78 is 32.1. The van der Waals surface area contributed by atoms with Crippen molar-refractivity contribution in [3.8, 4) is 0 Å². The lowest BCUT2D eigenvalue weighted by molar-refractivity contribution is 0.135.